The first-order valence-electron chi connectivity index (χ1n) is 14.1. The van der Waals surface area contributed by atoms with Crippen LogP contribution in [-0.4, -0.2) is 69.6 Å². The molecule has 11 heteroatoms. The minimum Gasteiger partial charge on any atom is -0.548 e. The van der Waals surface area contributed by atoms with E-state index >= 15 is 0 Å². The number of fused-ring (bicyclic) bond motifs is 1. The number of pyridine rings is 1. The third-order valence-corrected chi connectivity index (χ3v) is 7.17. The Morgan fingerprint density at radius 2 is 1.83 bits per heavy atom. The van der Waals surface area contributed by atoms with Crippen LogP contribution in [0.1, 0.15) is 58.7 Å². The van der Waals surface area contributed by atoms with E-state index in [1.54, 1.807) is 26.0 Å². The van der Waals surface area contributed by atoms with Crippen molar-refractivity contribution in [3.8, 4) is 0 Å². The van der Waals surface area contributed by atoms with Crippen molar-refractivity contribution < 1.29 is 29.4 Å². The van der Waals surface area contributed by atoms with Gasteiger partial charge in [-0.15, -0.1) is 0 Å². The van der Waals surface area contributed by atoms with Crippen LogP contribution < -0.4 is 21.2 Å². The Bertz CT molecular complexity index is 1290. The second-order valence-corrected chi connectivity index (χ2v) is 10.8. The number of nitrogens with one attached hydrogen (secondary N) is 3. The van der Waals surface area contributed by atoms with Crippen LogP contribution in [0.15, 0.2) is 36.4 Å². The first-order valence-corrected chi connectivity index (χ1v) is 14.1. The molecule has 41 heavy (non-hydrogen) atoms. The summed E-state index contributed by atoms with van der Waals surface area (Å²) in [4.78, 5) is 55.0. The highest BCUT2D eigenvalue weighted by molar-refractivity contribution is 5.93. The second-order valence-electron chi connectivity index (χ2n) is 10.8. The summed E-state index contributed by atoms with van der Waals surface area (Å²) in [6.45, 7) is 8.84. The van der Waals surface area contributed by atoms with Gasteiger partial charge in [0.2, 0.25) is 11.8 Å². The molecule has 0 bridgehead atoms. The van der Waals surface area contributed by atoms with Gasteiger partial charge in [0.1, 0.15) is 12.1 Å². The van der Waals surface area contributed by atoms with E-state index in [1.165, 1.54) is 18.9 Å². The standard InChI is InChI=1S/C30H41N5O6/c1-6-22-13-12-21-11-9-20(16-25(21)32-22)10-14-23(19(5)36)27(37)33-26(17(2)3)28(38)31-18(4)29(39)35-15-7-8-24(34-35)30(40)41/h9-14,16-19,23-24,26,34,36H,6-8,15H2,1-5H3,(H,31,38)(H,33,37)(H,40,41)/p-1/b14-10+/t18-,19-,23+,24-,26-/m0/s1. The van der Waals surface area contributed by atoms with Crippen molar-refractivity contribution >= 4 is 40.7 Å². The van der Waals surface area contributed by atoms with Crippen LogP contribution in [0, 0.1) is 11.8 Å². The number of carboxylic acid groups (broad SMARTS) is 1. The van der Waals surface area contributed by atoms with Gasteiger partial charge in [-0.25, -0.2) is 5.43 Å². The summed E-state index contributed by atoms with van der Waals surface area (Å²) in [6, 6.07) is 6.82. The fourth-order valence-corrected chi connectivity index (χ4v) is 4.66. The molecule has 3 rings (SSSR count). The Hall–Kier alpha value is -3.83. The normalized spacial score (nSPS) is 18.6. The monoisotopic (exact) mass is 566 g/mol. The summed E-state index contributed by atoms with van der Waals surface area (Å²) in [6.07, 6.45) is 3.94. The smallest absolute Gasteiger partial charge is 0.258 e. The Morgan fingerprint density at radius 1 is 1.12 bits per heavy atom. The summed E-state index contributed by atoms with van der Waals surface area (Å²) < 4.78 is 0. The maximum atomic E-state index is 13.2. The van der Waals surface area contributed by atoms with E-state index in [-0.39, 0.29) is 5.92 Å². The number of carbonyl (C=O) groups is 4. The van der Waals surface area contributed by atoms with Gasteiger partial charge < -0.3 is 25.6 Å². The summed E-state index contributed by atoms with van der Waals surface area (Å²) in [7, 11) is 0. The number of aliphatic carboxylic acids is 1. The average molecular weight is 567 g/mol. The van der Waals surface area contributed by atoms with Crippen LogP contribution >= 0.6 is 0 Å². The quantitative estimate of drug-likeness (QED) is 0.309. The van der Waals surface area contributed by atoms with E-state index in [1.807, 2.05) is 37.3 Å². The maximum Gasteiger partial charge on any atom is 0.258 e. The molecular weight excluding hydrogens is 526 g/mol. The Kier molecular flexibility index (Phi) is 11.0. The lowest BCUT2D eigenvalue weighted by Crippen LogP contribution is -2.62. The van der Waals surface area contributed by atoms with Gasteiger partial charge in [-0.1, -0.05) is 51.1 Å². The van der Waals surface area contributed by atoms with Crippen molar-refractivity contribution in [1.29, 1.82) is 0 Å². The van der Waals surface area contributed by atoms with Crippen LogP contribution in [-0.2, 0) is 25.6 Å². The van der Waals surface area contributed by atoms with E-state index in [9.17, 15) is 29.4 Å². The van der Waals surface area contributed by atoms with Gasteiger partial charge in [0.05, 0.1) is 29.5 Å². The molecule has 1 fully saturated rings. The zero-order valence-electron chi connectivity index (χ0n) is 24.2. The Balaban J connectivity index is 1.68. The predicted octanol–water partition coefficient (Wildman–Crippen LogP) is 0.698. The van der Waals surface area contributed by atoms with E-state index in [0.717, 1.165) is 28.6 Å². The van der Waals surface area contributed by atoms with Gasteiger partial charge in [-0.05, 0) is 56.7 Å². The number of rotatable bonds is 11. The van der Waals surface area contributed by atoms with Crippen LogP contribution in [0.3, 0.4) is 0 Å². The summed E-state index contributed by atoms with van der Waals surface area (Å²) in [5.74, 6) is -4.16. The minimum absolute atomic E-state index is 0.294. The molecule has 0 aliphatic carbocycles. The van der Waals surface area contributed by atoms with Crippen molar-refractivity contribution in [3.05, 3.63) is 47.7 Å². The van der Waals surface area contributed by atoms with Crippen molar-refractivity contribution in [1.82, 2.24) is 26.1 Å². The second kappa shape index (κ2) is 14.2. The lowest BCUT2D eigenvalue weighted by Gasteiger charge is -2.36. The number of aromatic nitrogens is 1. The highest BCUT2D eigenvalue weighted by Crippen LogP contribution is 2.18. The topological polar surface area (TPSA) is 164 Å². The molecule has 222 valence electrons. The molecule has 1 aromatic heterocycles. The number of hydrazine groups is 1. The predicted molar refractivity (Wildman–Crippen MR) is 153 cm³/mol. The maximum absolute atomic E-state index is 13.2. The molecule has 11 nitrogen and oxygen atoms in total. The lowest BCUT2D eigenvalue weighted by molar-refractivity contribution is -0.310. The summed E-state index contributed by atoms with van der Waals surface area (Å²) in [5.41, 5.74) is 5.24. The van der Waals surface area contributed by atoms with Crippen molar-refractivity contribution in [3.63, 3.8) is 0 Å². The molecule has 1 aromatic carbocycles. The highest BCUT2D eigenvalue weighted by Gasteiger charge is 2.32. The molecule has 3 amide bonds. The Labute approximate surface area is 240 Å². The number of aliphatic hydroxyl groups is 1. The number of hydrogen-bond donors (Lipinski definition) is 4. The van der Waals surface area contributed by atoms with Crippen LogP contribution in [0.2, 0.25) is 0 Å². The number of amides is 3. The lowest BCUT2D eigenvalue weighted by atomic mass is 9.97. The van der Waals surface area contributed by atoms with Crippen LogP contribution in [0.5, 0.6) is 0 Å². The first kappa shape index (κ1) is 31.7. The average Bonchev–Trinajstić information content (AvgIpc) is 2.94. The van der Waals surface area contributed by atoms with E-state index in [2.05, 4.69) is 21.0 Å². The number of nitrogens with zero attached hydrogens (tertiary/aromatic N) is 2. The molecule has 5 atom stereocenters. The largest absolute Gasteiger partial charge is 0.548 e. The molecular formula is C30H40N5O6-. The minimum atomic E-state index is -1.30. The van der Waals surface area contributed by atoms with Crippen molar-refractivity contribution in [2.75, 3.05) is 6.54 Å². The van der Waals surface area contributed by atoms with Gasteiger partial charge in [0, 0.05) is 17.6 Å². The number of aliphatic hydroxyl groups excluding tert-OH is 1. The Morgan fingerprint density at radius 3 is 2.46 bits per heavy atom. The number of carboxylic acids is 1. The zero-order chi connectivity index (χ0) is 30.3. The SMILES string of the molecule is CCc1ccc2ccc(/C=C/[C@@H](C(=O)N[C@H](C(=O)N[C@@H](C)C(=O)N3CCC[C@@H](C(=O)[O-])N3)C(C)C)[C@H](C)O)cc2n1. The third kappa shape index (κ3) is 8.34. The third-order valence-electron chi connectivity index (χ3n) is 7.17. The van der Waals surface area contributed by atoms with Crippen molar-refractivity contribution in [2.45, 2.75) is 78.1 Å². The van der Waals surface area contributed by atoms with Gasteiger partial charge in [0.25, 0.3) is 5.91 Å². The molecule has 1 aliphatic heterocycles. The van der Waals surface area contributed by atoms with E-state index in [0.29, 0.717) is 19.4 Å². The number of hydrogen-bond acceptors (Lipinski definition) is 8. The summed E-state index contributed by atoms with van der Waals surface area (Å²) >= 11 is 0. The molecule has 4 N–H and O–H groups in total. The number of carbonyl (C=O) groups excluding carboxylic acids is 4. The fraction of sp³-hybridized carbons (Fsp3) is 0.500. The molecule has 2 aromatic rings. The van der Waals surface area contributed by atoms with Crippen LogP contribution in [0.25, 0.3) is 17.0 Å². The van der Waals surface area contributed by atoms with E-state index < -0.39 is 53.8 Å². The van der Waals surface area contributed by atoms with Crippen molar-refractivity contribution in [2.24, 2.45) is 11.8 Å². The van der Waals surface area contributed by atoms with E-state index in [4.69, 9.17) is 0 Å². The number of aryl methyl sites for hydroxylation is 1. The number of benzene rings is 1. The highest BCUT2D eigenvalue weighted by atomic mass is 16.4. The molecule has 0 spiro atoms. The molecule has 1 aliphatic rings. The zero-order valence-corrected chi connectivity index (χ0v) is 24.2. The van der Waals surface area contributed by atoms with Gasteiger partial charge in [-0.3, -0.25) is 24.4 Å². The van der Waals surface area contributed by atoms with Gasteiger partial charge in [0.15, 0.2) is 0 Å². The molecule has 2 heterocycles. The van der Waals surface area contributed by atoms with Gasteiger partial charge >= 0.3 is 0 Å². The first-order chi connectivity index (χ1) is 19.4. The molecule has 0 unspecified atom stereocenters. The summed E-state index contributed by atoms with van der Waals surface area (Å²) in [5, 5.41) is 29.1. The van der Waals surface area contributed by atoms with Gasteiger partial charge in [-0.2, -0.15) is 0 Å². The molecule has 0 radical (unpaired) electrons. The fourth-order valence-electron chi connectivity index (χ4n) is 4.66. The van der Waals surface area contributed by atoms with Crippen LogP contribution in [0.4, 0.5) is 0 Å². The molecule has 1 saturated heterocycles. The molecule has 0 saturated carbocycles.